The quantitative estimate of drug-likeness (QED) is 0.740. The highest BCUT2D eigenvalue weighted by Gasteiger charge is 2.14. The summed E-state index contributed by atoms with van der Waals surface area (Å²) < 4.78 is 14.3. The molecule has 0 spiro atoms. The SMILES string of the molecule is Nc1ccc(Br)c(C(=O)Nc2ccc(C(=O)O)cc2F)c1. The molecule has 0 heterocycles. The molecule has 108 valence electrons. The fourth-order valence-electron chi connectivity index (χ4n) is 1.66. The molecule has 0 bridgehead atoms. The van der Waals surface area contributed by atoms with Crippen molar-refractivity contribution in [3.8, 4) is 0 Å². The van der Waals surface area contributed by atoms with E-state index in [9.17, 15) is 14.0 Å². The lowest BCUT2D eigenvalue weighted by Gasteiger charge is -2.09. The third kappa shape index (κ3) is 3.38. The Hall–Kier alpha value is -2.41. The summed E-state index contributed by atoms with van der Waals surface area (Å²) in [6.45, 7) is 0. The molecule has 2 rings (SSSR count). The minimum atomic E-state index is -1.25. The molecule has 0 saturated heterocycles. The van der Waals surface area contributed by atoms with Crippen LogP contribution in [0.15, 0.2) is 40.9 Å². The summed E-state index contributed by atoms with van der Waals surface area (Å²) in [6.07, 6.45) is 0. The van der Waals surface area contributed by atoms with Gasteiger partial charge in [-0.3, -0.25) is 4.79 Å². The van der Waals surface area contributed by atoms with Gasteiger partial charge in [0, 0.05) is 10.2 Å². The van der Waals surface area contributed by atoms with Crippen molar-refractivity contribution in [3.63, 3.8) is 0 Å². The summed E-state index contributed by atoms with van der Waals surface area (Å²) in [5.74, 6) is -2.63. The molecular formula is C14H10BrFN2O3. The molecule has 2 aromatic rings. The van der Waals surface area contributed by atoms with Gasteiger partial charge in [0.15, 0.2) is 0 Å². The van der Waals surface area contributed by atoms with Gasteiger partial charge in [0.1, 0.15) is 5.82 Å². The smallest absolute Gasteiger partial charge is 0.335 e. The van der Waals surface area contributed by atoms with Crippen LogP contribution in [0.5, 0.6) is 0 Å². The number of carbonyl (C=O) groups is 2. The molecule has 0 unspecified atom stereocenters. The Morgan fingerprint density at radius 1 is 1.19 bits per heavy atom. The molecule has 0 aliphatic rings. The number of nitrogens with one attached hydrogen (secondary N) is 1. The van der Waals surface area contributed by atoms with Crippen molar-refractivity contribution < 1.29 is 19.1 Å². The van der Waals surface area contributed by atoms with Gasteiger partial charge in [-0.2, -0.15) is 0 Å². The number of hydrogen-bond donors (Lipinski definition) is 3. The molecule has 2 aromatic carbocycles. The number of carboxylic acid groups (broad SMARTS) is 1. The molecule has 0 radical (unpaired) electrons. The normalized spacial score (nSPS) is 10.2. The molecule has 4 N–H and O–H groups in total. The molecule has 5 nitrogen and oxygen atoms in total. The molecule has 0 saturated carbocycles. The summed E-state index contributed by atoms with van der Waals surface area (Å²) in [6, 6.07) is 7.90. The second-order valence-corrected chi connectivity index (χ2v) is 5.05. The van der Waals surface area contributed by atoms with Crippen LogP contribution in [0.2, 0.25) is 0 Å². The zero-order chi connectivity index (χ0) is 15.6. The van der Waals surface area contributed by atoms with Crippen molar-refractivity contribution >= 4 is 39.2 Å². The lowest BCUT2D eigenvalue weighted by molar-refractivity contribution is 0.0696. The maximum atomic E-state index is 13.8. The van der Waals surface area contributed by atoms with Crippen molar-refractivity contribution in [2.45, 2.75) is 0 Å². The first kappa shape index (κ1) is 15.0. The van der Waals surface area contributed by atoms with Crippen molar-refractivity contribution in [1.82, 2.24) is 0 Å². The number of hydrogen-bond acceptors (Lipinski definition) is 3. The maximum absolute atomic E-state index is 13.8. The Morgan fingerprint density at radius 2 is 1.90 bits per heavy atom. The Kier molecular flexibility index (Phi) is 4.23. The molecule has 0 aromatic heterocycles. The van der Waals surface area contributed by atoms with Gasteiger partial charge in [-0.05, 0) is 52.3 Å². The van der Waals surface area contributed by atoms with E-state index in [0.717, 1.165) is 6.07 Å². The van der Waals surface area contributed by atoms with Crippen molar-refractivity contribution in [2.24, 2.45) is 0 Å². The summed E-state index contributed by atoms with van der Waals surface area (Å²) in [5.41, 5.74) is 5.93. The summed E-state index contributed by atoms with van der Waals surface area (Å²) in [4.78, 5) is 22.8. The van der Waals surface area contributed by atoms with Gasteiger partial charge in [0.2, 0.25) is 0 Å². The molecule has 0 aliphatic heterocycles. The van der Waals surface area contributed by atoms with Crippen molar-refractivity contribution in [3.05, 3.63) is 57.8 Å². The van der Waals surface area contributed by atoms with Gasteiger partial charge in [0.25, 0.3) is 5.91 Å². The predicted molar refractivity (Wildman–Crippen MR) is 79.9 cm³/mol. The summed E-state index contributed by atoms with van der Waals surface area (Å²) in [7, 11) is 0. The molecule has 1 amide bonds. The highest BCUT2D eigenvalue weighted by atomic mass is 79.9. The zero-order valence-corrected chi connectivity index (χ0v) is 12.1. The molecule has 7 heteroatoms. The summed E-state index contributed by atoms with van der Waals surface area (Å²) >= 11 is 3.21. The second kappa shape index (κ2) is 5.92. The molecule has 21 heavy (non-hydrogen) atoms. The van der Waals surface area contributed by atoms with Gasteiger partial charge in [-0.15, -0.1) is 0 Å². The minimum absolute atomic E-state index is 0.112. The average molecular weight is 353 g/mol. The van der Waals surface area contributed by atoms with Gasteiger partial charge in [-0.25, -0.2) is 9.18 Å². The van der Waals surface area contributed by atoms with Crippen LogP contribution in [0.25, 0.3) is 0 Å². The van der Waals surface area contributed by atoms with E-state index >= 15 is 0 Å². The largest absolute Gasteiger partial charge is 0.478 e. The van der Waals surface area contributed by atoms with E-state index in [1.165, 1.54) is 18.2 Å². The van der Waals surface area contributed by atoms with Gasteiger partial charge in [-0.1, -0.05) is 0 Å². The minimum Gasteiger partial charge on any atom is -0.478 e. The topological polar surface area (TPSA) is 92.4 Å². The number of benzene rings is 2. The van der Waals surface area contributed by atoms with Gasteiger partial charge >= 0.3 is 5.97 Å². The van der Waals surface area contributed by atoms with Crippen LogP contribution in [-0.4, -0.2) is 17.0 Å². The number of aromatic carboxylic acids is 1. The summed E-state index contributed by atoms with van der Waals surface area (Å²) in [5, 5.41) is 11.1. The van der Waals surface area contributed by atoms with Crippen molar-refractivity contribution in [1.29, 1.82) is 0 Å². The van der Waals surface area contributed by atoms with E-state index in [2.05, 4.69) is 21.2 Å². The van der Waals surface area contributed by atoms with Crippen LogP contribution in [0.1, 0.15) is 20.7 Å². The zero-order valence-electron chi connectivity index (χ0n) is 10.6. The first-order chi connectivity index (χ1) is 9.88. The first-order valence-electron chi connectivity index (χ1n) is 5.77. The highest BCUT2D eigenvalue weighted by Crippen LogP contribution is 2.22. The third-order valence-corrected chi connectivity index (χ3v) is 3.39. The van der Waals surface area contributed by atoms with E-state index in [-0.39, 0.29) is 16.8 Å². The van der Waals surface area contributed by atoms with E-state index in [1.807, 2.05) is 0 Å². The predicted octanol–water partition coefficient (Wildman–Crippen LogP) is 3.12. The number of nitrogen functional groups attached to an aromatic ring is 1. The number of rotatable bonds is 3. The number of carboxylic acids is 1. The highest BCUT2D eigenvalue weighted by molar-refractivity contribution is 9.10. The number of nitrogens with two attached hydrogens (primary N) is 1. The van der Waals surface area contributed by atoms with Gasteiger partial charge < -0.3 is 16.2 Å². The van der Waals surface area contributed by atoms with E-state index in [4.69, 9.17) is 10.8 Å². The number of anilines is 2. The molecule has 0 fully saturated rings. The molecule has 0 atom stereocenters. The van der Waals surface area contributed by atoms with Crippen LogP contribution in [-0.2, 0) is 0 Å². The van der Waals surface area contributed by atoms with Gasteiger partial charge in [0.05, 0.1) is 16.8 Å². The third-order valence-electron chi connectivity index (χ3n) is 2.70. The lowest BCUT2D eigenvalue weighted by Crippen LogP contribution is -2.14. The van der Waals surface area contributed by atoms with Crippen LogP contribution in [0, 0.1) is 5.82 Å². The number of halogens is 2. The Morgan fingerprint density at radius 3 is 2.52 bits per heavy atom. The maximum Gasteiger partial charge on any atom is 0.335 e. The van der Waals surface area contributed by atoms with E-state index < -0.39 is 17.7 Å². The van der Waals surface area contributed by atoms with E-state index in [1.54, 1.807) is 12.1 Å². The Labute approximate surface area is 127 Å². The lowest BCUT2D eigenvalue weighted by atomic mass is 10.1. The van der Waals surface area contributed by atoms with Crippen molar-refractivity contribution in [2.75, 3.05) is 11.1 Å². The Bertz CT molecular complexity index is 734. The second-order valence-electron chi connectivity index (χ2n) is 4.19. The van der Waals surface area contributed by atoms with Crippen LogP contribution >= 0.6 is 15.9 Å². The fraction of sp³-hybridized carbons (Fsp3) is 0. The number of amides is 1. The average Bonchev–Trinajstić information content (AvgIpc) is 2.43. The standard InChI is InChI=1S/C14H10BrFN2O3/c15-10-3-2-8(17)6-9(10)13(19)18-12-4-1-7(14(20)21)5-11(12)16/h1-6H,17H2,(H,18,19)(H,20,21). The first-order valence-corrected chi connectivity index (χ1v) is 6.57. The van der Waals surface area contributed by atoms with E-state index in [0.29, 0.717) is 10.2 Å². The van der Waals surface area contributed by atoms with Crippen LogP contribution < -0.4 is 11.1 Å². The Balaban J connectivity index is 2.27. The molecular weight excluding hydrogens is 343 g/mol. The number of carbonyl (C=O) groups excluding carboxylic acids is 1. The van der Waals surface area contributed by atoms with Crippen LogP contribution in [0.3, 0.4) is 0 Å². The molecule has 0 aliphatic carbocycles. The monoisotopic (exact) mass is 352 g/mol. The van der Waals surface area contributed by atoms with Crippen LogP contribution in [0.4, 0.5) is 15.8 Å². The fourth-order valence-corrected chi connectivity index (χ4v) is 2.08.